The Morgan fingerprint density at radius 1 is 1.67 bits per heavy atom. The summed E-state index contributed by atoms with van der Waals surface area (Å²) < 4.78 is 4.70. The van der Waals surface area contributed by atoms with Crippen molar-refractivity contribution >= 4 is 11.8 Å². The topological polar surface area (TPSA) is 78.1 Å². The number of carbonyl (C=O) groups is 1. The van der Waals surface area contributed by atoms with Crippen molar-refractivity contribution in [2.75, 3.05) is 12.3 Å². The van der Waals surface area contributed by atoms with E-state index >= 15 is 0 Å². The molecule has 0 unspecified atom stereocenters. The third-order valence-corrected chi connectivity index (χ3v) is 1.17. The second-order valence-corrected chi connectivity index (χ2v) is 2.05. The SMILES string of the molecule is CCOC(=O)c1cc(N)ncn1. The number of nitrogens with zero attached hydrogens (tertiary/aromatic N) is 2. The maximum Gasteiger partial charge on any atom is 0.357 e. The molecular formula is C7H9N3O2. The molecule has 0 atom stereocenters. The van der Waals surface area contributed by atoms with Gasteiger partial charge < -0.3 is 10.5 Å². The van der Waals surface area contributed by atoms with Gasteiger partial charge in [-0.05, 0) is 6.92 Å². The average Bonchev–Trinajstić information content (AvgIpc) is 2.05. The smallest absolute Gasteiger partial charge is 0.357 e. The molecule has 2 N–H and O–H groups in total. The molecule has 12 heavy (non-hydrogen) atoms. The number of carbonyl (C=O) groups excluding carboxylic acids is 1. The van der Waals surface area contributed by atoms with Crippen molar-refractivity contribution in [3.8, 4) is 0 Å². The second-order valence-electron chi connectivity index (χ2n) is 2.05. The summed E-state index contributed by atoms with van der Waals surface area (Å²) in [5.74, 6) is -0.223. The molecule has 0 saturated heterocycles. The summed E-state index contributed by atoms with van der Waals surface area (Å²) in [7, 11) is 0. The molecule has 0 spiro atoms. The van der Waals surface area contributed by atoms with Gasteiger partial charge in [0.1, 0.15) is 12.1 Å². The van der Waals surface area contributed by atoms with Gasteiger partial charge in [0.2, 0.25) is 0 Å². The molecule has 0 aliphatic rings. The average molecular weight is 167 g/mol. The van der Waals surface area contributed by atoms with Crippen molar-refractivity contribution in [3.63, 3.8) is 0 Å². The Kier molecular flexibility index (Phi) is 2.57. The van der Waals surface area contributed by atoms with Crippen LogP contribution >= 0.6 is 0 Å². The number of aromatic nitrogens is 2. The van der Waals surface area contributed by atoms with Gasteiger partial charge in [0, 0.05) is 6.07 Å². The van der Waals surface area contributed by atoms with E-state index in [0.717, 1.165) is 0 Å². The van der Waals surface area contributed by atoms with Crippen LogP contribution in [0.15, 0.2) is 12.4 Å². The van der Waals surface area contributed by atoms with E-state index in [1.54, 1.807) is 6.92 Å². The fraction of sp³-hybridized carbons (Fsp3) is 0.286. The van der Waals surface area contributed by atoms with Gasteiger partial charge in [-0.2, -0.15) is 0 Å². The number of nitrogens with two attached hydrogens (primary N) is 1. The summed E-state index contributed by atoms with van der Waals surface area (Å²) in [6.45, 7) is 2.05. The molecule has 1 rings (SSSR count). The number of anilines is 1. The molecule has 0 radical (unpaired) electrons. The molecular weight excluding hydrogens is 158 g/mol. The van der Waals surface area contributed by atoms with Gasteiger partial charge in [0.25, 0.3) is 0 Å². The molecule has 0 amide bonds. The first-order valence-electron chi connectivity index (χ1n) is 3.48. The molecule has 64 valence electrons. The van der Waals surface area contributed by atoms with E-state index in [4.69, 9.17) is 10.5 Å². The van der Waals surface area contributed by atoms with E-state index in [9.17, 15) is 4.79 Å². The number of ether oxygens (including phenoxy) is 1. The number of hydrogen-bond donors (Lipinski definition) is 1. The van der Waals surface area contributed by atoms with E-state index in [2.05, 4.69) is 9.97 Å². The minimum atomic E-state index is -0.480. The van der Waals surface area contributed by atoms with Crippen molar-refractivity contribution in [2.24, 2.45) is 0 Å². The lowest BCUT2D eigenvalue weighted by Crippen LogP contribution is -2.08. The standard InChI is InChI=1S/C7H9N3O2/c1-2-12-7(11)5-3-6(8)10-4-9-5/h3-4H,2H2,1H3,(H2,8,9,10). The Morgan fingerprint density at radius 3 is 3.00 bits per heavy atom. The highest BCUT2D eigenvalue weighted by molar-refractivity contribution is 5.87. The highest BCUT2D eigenvalue weighted by Crippen LogP contribution is 2.00. The molecule has 1 aromatic heterocycles. The zero-order chi connectivity index (χ0) is 8.97. The van der Waals surface area contributed by atoms with Gasteiger partial charge in [0.05, 0.1) is 6.61 Å². The van der Waals surface area contributed by atoms with Crippen LogP contribution < -0.4 is 5.73 Å². The van der Waals surface area contributed by atoms with Crippen LogP contribution in [0, 0.1) is 0 Å². The summed E-state index contributed by atoms with van der Waals surface area (Å²) in [4.78, 5) is 18.4. The Labute approximate surface area is 69.6 Å². The molecule has 5 nitrogen and oxygen atoms in total. The van der Waals surface area contributed by atoms with Crippen molar-refractivity contribution in [1.82, 2.24) is 9.97 Å². The first kappa shape index (κ1) is 8.45. The predicted octanol–water partition coefficient (Wildman–Crippen LogP) is 0.236. The molecule has 5 heteroatoms. The number of nitrogen functional groups attached to an aromatic ring is 1. The second kappa shape index (κ2) is 3.66. The Hall–Kier alpha value is -1.65. The quantitative estimate of drug-likeness (QED) is 0.638. The first-order valence-corrected chi connectivity index (χ1v) is 3.48. The van der Waals surface area contributed by atoms with Crippen molar-refractivity contribution in [1.29, 1.82) is 0 Å². The molecule has 1 aromatic rings. The van der Waals surface area contributed by atoms with Gasteiger partial charge in [-0.15, -0.1) is 0 Å². The van der Waals surface area contributed by atoms with Gasteiger partial charge in [-0.3, -0.25) is 0 Å². The molecule has 0 bridgehead atoms. The summed E-state index contributed by atoms with van der Waals surface area (Å²) in [5, 5.41) is 0. The van der Waals surface area contributed by atoms with Crippen LogP contribution in [0.2, 0.25) is 0 Å². The molecule has 0 aliphatic carbocycles. The van der Waals surface area contributed by atoms with E-state index in [1.165, 1.54) is 12.4 Å². The van der Waals surface area contributed by atoms with Crippen LogP contribution in [0.25, 0.3) is 0 Å². The van der Waals surface area contributed by atoms with Crippen LogP contribution in [-0.2, 0) is 4.74 Å². The summed E-state index contributed by atoms with van der Waals surface area (Å²) in [6.07, 6.45) is 1.22. The monoisotopic (exact) mass is 167 g/mol. The van der Waals surface area contributed by atoms with Gasteiger partial charge in [-0.1, -0.05) is 0 Å². The first-order chi connectivity index (χ1) is 5.74. The van der Waals surface area contributed by atoms with Crippen molar-refractivity contribution < 1.29 is 9.53 Å². The van der Waals surface area contributed by atoms with Crippen molar-refractivity contribution in [2.45, 2.75) is 6.92 Å². The van der Waals surface area contributed by atoms with Crippen LogP contribution in [0.3, 0.4) is 0 Å². The summed E-state index contributed by atoms with van der Waals surface area (Å²) in [5.41, 5.74) is 5.52. The van der Waals surface area contributed by atoms with Gasteiger partial charge in [0.15, 0.2) is 5.69 Å². The highest BCUT2D eigenvalue weighted by Gasteiger charge is 2.07. The number of hydrogen-bond acceptors (Lipinski definition) is 5. The lowest BCUT2D eigenvalue weighted by molar-refractivity contribution is 0.0519. The third-order valence-electron chi connectivity index (χ3n) is 1.17. The third kappa shape index (κ3) is 1.91. The summed E-state index contributed by atoms with van der Waals surface area (Å²) in [6, 6.07) is 1.37. The molecule has 0 fully saturated rings. The van der Waals surface area contributed by atoms with Crippen LogP contribution in [0.1, 0.15) is 17.4 Å². The fourth-order valence-corrected chi connectivity index (χ4v) is 0.689. The molecule has 0 saturated carbocycles. The number of rotatable bonds is 2. The Morgan fingerprint density at radius 2 is 2.42 bits per heavy atom. The minimum Gasteiger partial charge on any atom is -0.461 e. The maximum atomic E-state index is 11.0. The Balaban J connectivity index is 2.81. The fourth-order valence-electron chi connectivity index (χ4n) is 0.689. The highest BCUT2D eigenvalue weighted by atomic mass is 16.5. The largest absolute Gasteiger partial charge is 0.461 e. The maximum absolute atomic E-state index is 11.0. The van der Waals surface area contributed by atoms with E-state index in [1.807, 2.05) is 0 Å². The van der Waals surface area contributed by atoms with E-state index in [-0.39, 0.29) is 11.5 Å². The molecule has 0 aliphatic heterocycles. The van der Waals surface area contributed by atoms with Crippen LogP contribution in [0.4, 0.5) is 5.82 Å². The zero-order valence-corrected chi connectivity index (χ0v) is 6.65. The van der Waals surface area contributed by atoms with Gasteiger partial charge >= 0.3 is 5.97 Å². The normalized spacial score (nSPS) is 9.42. The number of esters is 1. The van der Waals surface area contributed by atoms with Gasteiger partial charge in [-0.25, -0.2) is 14.8 Å². The van der Waals surface area contributed by atoms with Crippen molar-refractivity contribution in [3.05, 3.63) is 18.1 Å². The molecule has 1 heterocycles. The lowest BCUT2D eigenvalue weighted by atomic mass is 10.4. The minimum absolute atomic E-state index is 0.185. The van der Waals surface area contributed by atoms with Crippen LogP contribution in [0.5, 0.6) is 0 Å². The van der Waals surface area contributed by atoms with Crippen LogP contribution in [-0.4, -0.2) is 22.5 Å². The Bertz CT molecular complexity index is 288. The predicted molar refractivity (Wildman–Crippen MR) is 42.4 cm³/mol. The zero-order valence-electron chi connectivity index (χ0n) is 6.65. The molecule has 0 aromatic carbocycles. The van der Waals surface area contributed by atoms with E-state index < -0.39 is 5.97 Å². The summed E-state index contributed by atoms with van der Waals surface area (Å²) >= 11 is 0. The lowest BCUT2D eigenvalue weighted by Gasteiger charge is -1.99. The van der Waals surface area contributed by atoms with E-state index in [0.29, 0.717) is 6.61 Å².